The molecule has 17 heavy (non-hydrogen) atoms. The maximum Gasteiger partial charge on any atom is 0.115 e. The molecule has 2 aromatic carbocycles. The van der Waals surface area contributed by atoms with Gasteiger partial charge in [0.25, 0.3) is 0 Å². The van der Waals surface area contributed by atoms with Gasteiger partial charge in [-0.15, -0.1) is 0 Å². The lowest BCUT2D eigenvalue weighted by atomic mass is 10.1. The van der Waals surface area contributed by atoms with Crippen LogP contribution in [0.15, 0.2) is 42.5 Å². The normalized spacial score (nSPS) is 10.9. The molecule has 0 spiro atoms. The van der Waals surface area contributed by atoms with Crippen LogP contribution >= 0.6 is 0 Å². The molecule has 3 aromatic rings. The number of aromatic hydroxyl groups is 1. The smallest absolute Gasteiger partial charge is 0.115 e. The number of aromatic nitrogens is 2. The third-order valence-electron chi connectivity index (χ3n) is 2.80. The molecule has 0 saturated heterocycles. The molecular formula is C14H12N2O. The number of nitrogens with one attached hydrogen (secondary N) is 1. The van der Waals surface area contributed by atoms with E-state index < -0.39 is 0 Å². The third-order valence-corrected chi connectivity index (χ3v) is 2.80. The van der Waals surface area contributed by atoms with Gasteiger partial charge in [-0.1, -0.05) is 18.2 Å². The van der Waals surface area contributed by atoms with Crippen molar-refractivity contribution < 1.29 is 5.11 Å². The highest BCUT2D eigenvalue weighted by atomic mass is 16.3. The second-order valence-corrected chi connectivity index (χ2v) is 4.10. The number of imidazole rings is 1. The van der Waals surface area contributed by atoms with E-state index in [2.05, 4.69) is 16.0 Å². The molecular weight excluding hydrogens is 212 g/mol. The number of nitrogens with zero attached hydrogens (tertiary/aromatic N) is 1. The molecule has 0 amide bonds. The number of aryl methyl sites for hydroxylation is 1. The Kier molecular flexibility index (Phi) is 2.11. The number of aromatic amines is 1. The van der Waals surface area contributed by atoms with E-state index in [0.717, 1.165) is 28.0 Å². The van der Waals surface area contributed by atoms with Gasteiger partial charge in [0.05, 0.1) is 11.0 Å². The van der Waals surface area contributed by atoms with Crippen LogP contribution in [-0.4, -0.2) is 15.1 Å². The van der Waals surface area contributed by atoms with Crippen LogP contribution in [0.1, 0.15) is 5.82 Å². The predicted octanol–water partition coefficient (Wildman–Crippen LogP) is 3.24. The van der Waals surface area contributed by atoms with Crippen LogP contribution in [0, 0.1) is 6.92 Å². The van der Waals surface area contributed by atoms with Crippen LogP contribution in [0.4, 0.5) is 0 Å². The fourth-order valence-corrected chi connectivity index (χ4v) is 1.97. The van der Waals surface area contributed by atoms with Gasteiger partial charge in [0, 0.05) is 0 Å². The summed E-state index contributed by atoms with van der Waals surface area (Å²) in [6, 6.07) is 13.3. The minimum atomic E-state index is 0.284. The second kappa shape index (κ2) is 3.63. The fraction of sp³-hybridized carbons (Fsp3) is 0.0714. The van der Waals surface area contributed by atoms with Gasteiger partial charge in [-0.3, -0.25) is 0 Å². The molecule has 0 saturated carbocycles. The SMILES string of the molecule is Cc1nc2ccc(-c3ccc(O)cc3)cc2[nH]1. The molecule has 0 aliphatic heterocycles. The van der Waals surface area contributed by atoms with Crippen molar-refractivity contribution >= 4 is 11.0 Å². The zero-order valence-corrected chi connectivity index (χ0v) is 9.44. The number of phenols is 1. The lowest BCUT2D eigenvalue weighted by molar-refractivity contribution is 0.475. The summed E-state index contributed by atoms with van der Waals surface area (Å²) in [6.45, 7) is 1.94. The van der Waals surface area contributed by atoms with E-state index in [0.29, 0.717) is 0 Å². The summed E-state index contributed by atoms with van der Waals surface area (Å²) in [5.74, 6) is 1.20. The first kappa shape index (κ1) is 9.90. The van der Waals surface area contributed by atoms with Gasteiger partial charge < -0.3 is 10.1 Å². The van der Waals surface area contributed by atoms with E-state index in [-0.39, 0.29) is 5.75 Å². The Morgan fingerprint density at radius 2 is 1.71 bits per heavy atom. The summed E-state index contributed by atoms with van der Waals surface area (Å²) < 4.78 is 0. The first-order valence-corrected chi connectivity index (χ1v) is 5.48. The Balaban J connectivity index is 2.13. The molecule has 3 nitrogen and oxygen atoms in total. The van der Waals surface area contributed by atoms with E-state index in [1.165, 1.54) is 0 Å². The zero-order chi connectivity index (χ0) is 11.8. The predicted molar refractivity (Wildman–Crippen MR) is 67.9 cm³/mol. The molecule has 0 radical (unpaired) electrons. The molecule has 0 aliphatic carbocycles. The van der Waals surface area contributed by atoms with E-state index in [4.69, 9.17) is 0 Å². The maximum absolute atomic E-state index is 9.26. The summed E-state index contributed by atoms with van der Waals surface area (Å²) in [5, 5.41) is 9.26. The monoisotopic (exact) mass is 224 g/mol. The van der Waals surface area contributed by atoms with Crippen molar-refractivity contribution in [2.45, 2.75) is 6.92 Å². The van der Waals surface area contributed by atoms with E-state index in [1.54, 1.807) is 12.1 Å². The molecule has 3 rings (SSSR count). The highest BCUT2D eigenvalue weighted by Crippen LogP contribution is 2.24. The topological polar surface area (TPSA) is 48.9 Å². The fourth-order valence-electron chi connectivity index (χ4n) is 1.97. The molecule has 2 N–H and O–H groups in total. The quantitative estimate of drug-likeness (QED) is 0.666. The highest BCUT2D eigenvalue weighted by Gasteiger charge is 2.02. The van der Waals surface area contributed by atoms with Crippen molar-refractivity contribution in [2.75, 3.05) is 0 Å². The van der Waals surface area contributed by atoms with Crippen LogP contribution < -0.4 is 0 Å². The average molecular weight is 224 g/mol. The minimum absolute atomic E-state index is 0.284. The second-order valence-electron chi connectivity index (χ2n) is 4.10. The standard InChI is InChI=1S/C14H12N2O/c1-9-15-13-7-4-11(8-14(13)16-9)10-2-5-12(17)6-3-10/h2-8,17H,1H3,(H,15,16). The number of hydrogen-bond acceptors (Lipinski definition) is 2. The number of benzene rings is 2. The first-order chi connectivity index (χ1) is 8.22. The lowest BCUT2D eigenvalue weighted by Gasteiger charge is -2.01. The number of H-pyrrole nitrogens is 1. The number of phenolic OH excluding ortho intramolecular Hbond substituents is 1. The van der Waals surface area contributed by atoms with E-state index in [1.807, 2.05) is 31.2 Å². The third kappa shape index (κ3) is 1.76. The summed E-state index contributed by atoms with van der Waals surface area (Å²) in [4.78, 5) is 7.59. The van der Waals surface area contributed by atoms with Crippen molar-refractivity contribution in [3.8, 4) is 16.9 Å². The van der Waals surface area contributed by atoms with Gasteiger partial charge in [-0.2, -0.15) is 0 Å². The van der Waals surface area contributed by atoms with Crippen molar-refractivity contribution in [1.82, 2.24) is 9.97 Å². The zero-order valence-electron chi connectivity index (χ0n) is 9.44. The summed E-state index contributed by atoms with van der Waals surface area (Å²) in [7, 11) is 0. The van der Waals surface area contributed by atoms with Gasteiger partial charge in [-0.25, -0.2) is 4.98 Å². The Bertz CT molecular complexity index is 668. The molecule has 0 aliphatic rings. The van der Waals surface area contributed by atoms with Crippen LogP contribution in [0.2, 0.25) is 0 Å². The summed E-state index contributed by atoms with van der Waals surface area (Å²) in [6.07, 6.45) is 0. The van der Waals surface area contributed by atoms with Crippen LogP contribution in [-0.2, 0) is 0 Å². The molecule has 1 heterocycles. The highest BCUT2D eigenvalue weighted by molar-refractivity contribution is 5.82. The van der Waals surface area contributed by atoms with Crippen molar-refractivity contribution in [2.24, 2.45) is 0 Å². The molecule has 0 atom stereocenters. The molecule has 0 bridgehead atoms. The van der Waals surface area contributed by atoms with Crippen molar-refractivity contribution in [3.05, 3.63) is 48.3 Å². The van der Waals surface area contributed by atoms with Crippen LogP contribution in [0.3, 0.4) is 0 Å². The summed E-state index contributed by atoms with van der Waals surface area (Å²) in [5.41, 5.74) is 4.20. The van der Waals surface area contributed by atoms with E-state index in [9.17, 15) is 5.11 Å². The molecule has 0 fully saturated rings. The van der Waals surface area contributed by atoms with Crippen LogP contribution in [0.5, 0.6) is 5.75 Å². The molecule has 0 unspecified atom stereocenters. The number of hydrogen-bond donors (Lipinski definition) is 2. The van der Waals surface area contributed by atoms with Crippen molar-refractivity contribution in [1.29, 1.82) is 0 Å². The van der Waals surface area contributed by atoms with Gasteiger partial charge in [0.1, 0.15) is 11.6 Å². The lowest BCUT2D eigenvalue weighted by Crippen LogP contribution is -1.77. The Morgan fingerprint density at radius 3 is 2.47 bits per heavy atom. The Morgan fingerprint density at radius 1 is 1.00 bits per heavy atom. The largest absolute Gasteiger partial charge is 0.508 e. The average Bonchev–Trinajstić information content (AvgIpc) is 2.69. The Labute approximate surface area is 98.8 Å². The Hall–Kier alpha value is -2.29. The van der Waals surface area contributed by atoms with Gasteiger partial charge in [0.2, 0.25) is 0 Å². The number of rotatable bonds is 1. The number of fused-ring (bicyclic) bond motifs is 1. The summed E-state index contributed by atoms with van der Waals surface area (Å²) >= 11 is 0. The minimum Gasteiger partial charge on any atom is -0.508 e. The molecule has 3 heteroatoms. The van der Waals surface area contributed by atoms with Gasteiger partial charge >= 0.3 is 0 Å². The maximum atomic E-state index is 9.26. The van der Waals surface area contributed by atoms with Crippen molar-refractivity contribution in [3.63, 3.8) is 0 Å². The van der Waals surface area contributed by atoms with E-state index >= 15 is 0 Å². The molecule has 84 valence electrons. The molecule has 1 aromatic heterocycles. The van der Waals surface area contributed by atoms with Gasteiger partial charge in [-0.05, 0) is 42.3 Å². The van der Waals surface area contributed by atoms with Gasteiger partial charge in [0.15, 0.2) is 0 Å². The van der Waals surface area contributed by atoms with Crippen LogP contribution in [0.25, 0.3) is 22.2 Å². The first-order valence-electron chi connectivity index (χ1n) is 5.48.